The van der Waals surface area contributed by atoms with Gasteiger partial charge in [-0.15, -0.1) is 0 Å². The molecule has 0 bridgehead atoms. The molecule has 1 unspecified atom stereocenters. The number of hydrogen-bond donors (Lipinski definition) is 2. The third-order valence-electron chi connectivity index (χ3n) is 7.81. The minimum absolute atomic E-state index is 0.0652. The molecule has 2 heterocycles. The summed E-state index contributed by atoms with van der Waals surface area (Å²) in [7, 11) is 1.95. The van der Waals surface area contributed by atoms with Crippen molar-refractivity contribution in [2.24, 2.45) is 0 Å². The van der Waals surface area contributed by atoms with Crippen LogP contribution in [0.2, 0.25) is 5.02 Å². The first-order chi connectivity index (χ1) is 21.7. The van der Waals surface area contributed by atoms with Gasteiger partial charge in [-0.05, 0) is 75.0 Å². The quantitative estimate of drug-likeness (QED) is 0.227. The van der Waals surface area contributed by atoms with Crippen LogP contribution in [0.15, 0.2) is 71.5 Å². The van der Waals surface area contributed by atoms with E-state index in [1.165, 1.54) is 0 Å². The van der Waals surface area contributed by atoms with Crippen LogP contribution in [0.3, 0.4) is 0 Å². The smallest absolute Gasteiger partial charge is 0.266 e. The first-order valence-electron chi connectivity index (χ1n) is 15.3. The van der Waals surface area contributed by atoms with Gasteiger partial charge in [0.25, 0.3) is 5.56 Å². The van der Waals surface area contributed by atoms with Crippen molar-refractivity contribution >= 4 is 22.5 Å². The second-order valence-corrected chi connectivity index (χ2v) is 12.1. The molecule has 2 N–H and O–H groups in total. The van der Waals surface area contributed by atoms with E-state index in [4.69, 9.17) is 26.1 Å². The van der Waals surface area contributed by atoms with E-state index in [1.807, 2.05) is 67.1 Å². The number of aliphatic hydroxyl groups excluding tert-OH is 2. The highest BCUT2D eigenvalue weighted by Gasteiger charge is 2.25. The van der Waals surface area contributed by atoms with Crippen molar-refractivity contribution in [3.05, 3.63) is 93.5 Å². The van der Waals surface area contributed by atoms with Crippen molar-refractivity contribution in [1.82, 2.24) is 24.3 Å². The molecule has 0 aliphatic carbocycles. The summed E-state index contributed by atoms with van der Waals surface area (Å²) in [6.45, 7) is 8.36. The molecule has 1 fully saturated rings. The number of aliphatic hydroxyl groups is 2. The van der Waals surface area contributed by atoms with Crippen LogP contribution in [-0.2, 0) is 13.1 Å². The van der Waals surface area contributed by atoms with E-state index in [9.17, 15) is 15.0 Å². The van der Waals surface area contributed by atoms with Crippen LogP contribution in [0.4, 0.5) is 0 Å². The van der Waals surface area contributed by atoms with E-state index in [-0.39, 0.29) is 24.9 Å². The summed E-state index contributed by atoms with van der Waals surface area (Å²) in [4.78, 5) is 25.4. The molecule has 45 heavy (non-hydrogen) atoms. The number of benzene rings is 3. The number of nitrogens with zero attached hydrogens (tertiary/aromatic N) is 5. The minimum atomic E-state index is -0.748. The average Bonchev–Trinajstić information content (AvgIpc) is 3.02. The zero-order valence-corrected chi connectivity index (χ0v) is 26.9. The Morgan fingerprint density at radius 3 is 2.47 bits per heavy atom. The first-order valence-corrected chi connectivity index (χ1v) is 15.7. The largest absolute Gasteiger partial charge is 0.489 e. The van der Waals surface area contributed by atoms with Crippen LogP contribution in [0, 0.1) is 0 Å². The van der Waals surface area contributed by atoms with Gasteiger partial charge in [0.2, 0.25) is 0 Å². The predicted molar refractivity (Wildman–Crippen MR) is 176 cm³/mol. The normalized spacial score (nSPS) is 15.2. The fraction of sp³-hybridized carbons (Fsp3) is 0.412. The van der Waals surface area contributed by atoms with Crippen molar-refractivity contribution in [3.63, 3.8) is 0 Å². The van der Waals surface area contributed by atoms with Crippen LogP contribution in [0.5, 0.6) is 11.5 Å². The van der Waals surface area contributed by atoms with Crippen molar-refractivity contribution in [2.45, 2.75) is 39.3 Å². The summed E-state index contributed by atoms with van der Waals surface area (Å²) in [5, 5.41) is 21.4. The summed E-state index contributed by atoms with van der Waals surface area (Å²) in [5.41, 5.74) is 2.13. The number of halogens is 1. The lowest BCUT2D eigenvalue weighted by Crippen LogP contribution is -2.51. The molecule has 1 atom stereocenters. The molecule has 0 spiro atoms. The molecule has 4 aromatic rings. The second kappa shape index (κ2) is 15.2. The van der Waals surface area contributed by atoms with Gasteiger partial charge in [-0.1, -0.05) is 29.8 Å². The summed E-state index contributed by atoms with van der Waals surface area (Å²) in [5.74, 6) is 1.88. The number of piperazine rings is 1. The predicted octanol–water partition coefficient (Wildman–Crippen LogP) is 3.77. The van der Waals surface area contributed by atoms with Gasteiger partial charge in [-0.2, -0.15) is 0 Å². The maximum Gasteiger partial charge on any atom is 0.266 e. The third kappa shape index (κ3) is 8.40. The van der Waals surface area contributed by atoms with E-state index in [0.717, 1.165) is 5.56 Å². The first kappa shape index (κ1) is 32.9. The Morgan fingerprint density at radius 1 is 1.02 bits per heavy atom. The highest BCUT2D eigenvalue weighted by Crippen LogP contribution is 2.28. The third-order valence-corrected chi connectivity index (χ3v) is 8.06. The number of ether oxygens (including phenoxy) is 2. The number of aromatic nitrogens is 2. The molecule has 0 amide bonds. The van der Waals surface area contributed by atoms with Crippen molar-refractivity contribution in [2.75, 3.05) is 53.0 Å². The van der Waals surface area contributed by atoms with E-state index < -0.39 is 6.23 Å². The van der Waals surface area contributed by atoms with Crippen LogP contribution < -0.4 is 15.0 Å². The van der Waals surface area contributed by atoms with Gasteiger partial charge in [0.05, 0.1) is 35.8 Å². The zero-order chi connectivity index (χ0) is 31.9. The Labute approximate surface area is 269 Å². The fourth-order valence-electron chi connectivity index (χ4n) is 5.51. The highest BCUT2D eigenvalue weighted by molar-refractivity contribution is 6.30. The Bertz CT molecular complexity index is 1620. The molecule has 1 aliphatic heterocycles. The van der Waals surface area contributed by atoms with Gasteiger partial charge in [-0.3, -0.25) is 24.1 Å². The zero-order valence-electron chi connectivity index (χ0n) is 26.1. The highest BCUT2D eigenvalue weighted by atomic mass is 35.5. The van der Waals surface area contributed by atoms with Gasteiger partial charge in [0.1, 0.15) is 30.2 Å². The summed E-state index contributed by atoms with van der Waals surface area (Å²) >= 11 is 5.96. The topological polar surface area (TPSA) is 104 Å². The summed E-state index contributed by atoms with van der Waals surface area (Å²) < 4.78 is 13.7. The molecular formula is C34H42ClN5O5. The number of fused-ring (bicyclic) bond motifs is 1. The van der Waals surface area contributed by atoms with Crippen molar-refractivity contribution in [1.29, 1.82) is 0 Å². The molecule has 3 aromatic carbocycles. The minimum Gasteiger partial charge on any atom is -0.489 e. The SMILES string of the molecule is CC(C)Oc1ccc(CN(C)CCO)cc1-n1c(CN2CCN(C(O)COc3ccc(Cl)cc3)CC2)nc2ccccc2c1=O. The van der Waals surface area contributed by atoms with E-state index in [1.54, 1.807) is 34.9 Å². The Balaban J connectivity index is 1.39. The van der Waals surface area contributed by atoms with E-state index >= 15 is 0 Å². The Morgan fingerprint density at radius 2 is 1.76 bits per heavy atom. The van der Waals surface area contributed by atoms with Crippen LogP contribution in [0.1, 0.15) is 25.2 Å². The Kier molecular flexibility index (Phi) is 11.1. The van der Waals surface area contributed by atoms with Crippen LogP contribution >= 0.6 is 11.6 Å². The maximum atomic E-state index is 14.2. The molecule has 10 nitrogen and oxygen atoms in total. The molecule has 240 valence electrons. The van der Waals surface area contributed by atoms with E-state index in [2.05, 4.69) is 4.90 Å². The molecule has 1 saturated heterocycles. The van der Waals surface area contributed by atoms with Crippen molar-refractivity contribution in [3.8, 4) is 17.2 Å². The summed E-state index contributed by atoms with van der Waals surface area (Å²) in [6, 6.07) is 20.4. The standard InChI is InChI=1S/C34H42ClN5O5/c1-24(2)45-31-13-8-25(21-37(3)18-19-41)20-30(31)40-32(36-29-7-5-4-6-28(29)34(40)43)22-38-14-16-39(17-15-38)33(42)23-44-27-11-9-26(35)10-12-27/h4-13,20,24,33,41-42H,14-19,21-23H2,1-3H3. The average molecular weight is 636 g/mol. The molecule has 1 aromatic heterocycles. The molecule has 1 aliphatic rings. The van der Waals surface area contributed by atoms with Gasteiger partial charge < -0.3 is 19.7 Å². The van der Waals surface area contributed by atoms with Crippen LogP contribution in [-0.4, -0.2) is 99.8 Å². The monoisotopic (exact) mass is 635 g/mol. The number of hydrogen-bond acceptors (Lipinski definition) is 9. The number of para-hydroxylation sites is 1. The number of rotatable bonds is 13. The summed E-state index contributed by atoms with van der Waals surface area (Å²) in [6.07, 6.45) is -0.843. The van der Waals surface area contributed by atoms with Gasteiger partial charge in [0, 0.05) is 44.3 Å². The maximum absolute atomic E-state index is 14.2. The van der Waals surface area contributed by atoms with Crippen LogP contribution in [0.25, 0.3) is 16.6 Å². The van der Waals surface area contributed by atoms with Crippen molar-refractivity contribution < 1.29 is 19.7 Å². The lowest BCUT2D eigenvalue weighted by atomic mass is 10.1. The Hall–Kier alpha value is -3.51. The van der Waals surface area contributed by atoms with Gasteiger partial charge in [0.15, 0.2) is 0 Å². The molecule has 11 heteroatoms. The van der Waals surface area contributed by atoms with E-state index in [0.29, 0.717) is 84.7 Å². The molecular weight excluding hydrogens is 594 g/mol. The molecule has 0 radical (unpaired) electrons. The second-order valence-electron chi connectivity index (χ2n) is 11.7. The van der Waals surface area contributed by atoms with Gasteiger partial charge in [-0.25, -0.2) is 4.98 Å². The molecule has 5 rings (SSSR count). The molecule has 0 saturated carbocycles. The fourth-order valence-corrected chi connectivity index (χ4v) is 5.64. The lowest BCUT2D eigenvalue weighted by molar-refractivity contribution is -0.0505. The number of likely N-dealkylation sites (N-methyl/N-ethyl adjacent to an activating group) is 1. The van der Waals surface area contributed by atoms with Gasteiger partial charge >= 0.3 is 0 Å². The lowest BCUT2D eigenvalue weighted by Gasteiger charge is -2.37.